The molecule has 0 radical (unpaired) electrons. The van der Waals surface area contributed by atoms with Crippen LogP contribution in [-0.4, -0.2) is 13.7 Å². The van der Waals surface area contributed by atoms with E-state index in [2.05, 4.69) is 136 Å². The fourth-order valence-electron chi connectivity index (χ4n) is 6.39. The van der Waals surface area contributed by atoms with Gasteiger partial charge in [0.2, 0.25) is 0 Å². The van der Waals surface area contributed by atoms with E-state index in [-0.39, 0.29) is 24.8 Å². The van der Waals surface area contributed by atoms with E-state index in [1.165, 1.54) is 44.9 Å². The smallest absolute Gasteiger partial charge is 0.147 e. The molecule has 0 aliphatic heterocycles. The van der Waals surface area contributed by atoms with Crippen molar-refractivity contribution in [3.8, 4) is 16.8 Å². The number of allylic oxidation sites excluding steroid dienone is 2. The number of fused-ring (bicyclic) bond motifs is 2. The molecule has 4 aromatic rings. The van der Waals surface area contributed by atoms with Crippen LogP contribution in [0.4, 0.5) is 0 Å². The Morgan fingerprint density at radius 1 is 0.737 bits per heavy atom. The van der Waals surface area contributed by atoms with E-state index in [9.17, 15) is 0 Å². The first-order chi connectivity index (χ1) is 17.5. The average Bonchev–Trinajstić information content (AvgIpc) is 3.48. The van der Waals surface area contributed by atoms with E-state index in [1.807, 2.05) is 0 Å². The zero-order chi connectivity index (χ0) is 25.0. The maximum Gasteiger partial charge on any atom is -0.147 e. The molecule has 0 spiro atoms. The van der Waals surface area contributed by atoms with Gasteiger partial charge in [0.1, 0.15) is 0 Å². The molecule has 3 aromatic carbocycles. The van der Waals surface area contributed by atoms with E-state index in [4.69, 9.17) is 0 Å². The van der Waals surface area contributed by atoms with Crippen molar-refractivity contribution in [2.45, 2.75) is 37.5 Å². The van der Waals surface area contributed by atoms with Crippen molar-refractivity contribution in [1.82, 2.24) is 4.57 Å². The Hall–Kier alpha value is -2.03. The third-order valence-corrected chi connectivity index (χ3v) is 28.4. The monoisotopic (exact) mass is 633 g/mol. The number of aromatic nitrogens is 1. The van der Waals surface area contributed by atoms with Crippen molar-refractivity contribution < 1.29 is 20.4 Å². The minimum absolute atomic E-state index is 0. The summed E-state index contributed by atoms with van der Waals surface area (Å²) in [4.78, 5) is 0. The maximum atomic E-state index is 2.63. The molecule has 0 bridgehead atoms. The molecule has 1 unspecified atom stereocenters. The summed E-state index contributed by atoms with van der Waals surface area (Å²) >= 11 is -2.09. The van der Waals surface area contributed by atoms with Crippen LogP contribution in [0.5, 0.6) is 0 Å². The first-order valence-corrected chi connectivity index (χ1v) is 22.8. The quantitative estimate of drug-likeness (QED) is 0.197. The number of rotatable bonds is 4. The third-order valence-electron chi connectivity index (χ3n) is 7.84. The standard InChI is InChI=1S/C16H13.C15H13N.C2H7Si.2ClH.Zr/c1-12-10-14-8-5-9-15(16(14)11-12)13-6-3-2-4-7-13;1-11-8-13-10-12(2)16(15(13)9-11)14-6-4-3-5-7-14;1-3-2;;;/h2-11H,1H3;3-7,9-10H,1-2H3;3H,1-2H3;2*1H;. The van der Waals surface area contributed by atoms with Crippen LogP contribution >= 0.6 is 24.8 Å². The third kappa shape index (κ3) is 4.77. The summed E-state index contributed by atoms with van der Waals surface area (Å²) in [6.07, 6.45) is 5.01. The second-order valence-corrected chi connectivity index (χ2v) is 30.0. The van der Waals surface area contributed by atoms with Gasteiger partial charge >= 0.3 is 225 Å². The minimum Gasteiger partial charge on any atom is -0.147 e. The normalized spacial score (nSPS) is 16.7. The summed E-state index contributed by atoms with van der Waals surface area (Å²) in [5.74, 6) is -0.887. The first-order valence-electron chi connectivity index (χ1n) is 13.0. The second-order valence-electron chi connectivity index (χ2n) is 10.6. The number of nitrogens with zero attached hydrogens (tertiary/aromatic N) is 1. The van der Waals surface area contributed by atoms with E-state index >= 15 is 0 Å². The molecule has 194 valence electrons. The summed E-state index contributed by atoms with van der Waals surface area (Å²) in [5, 5.41) is 0. The minimum atomic E-state index is -2.09. The molecule has 1 aromatic heterocycles. The van der Waals surface area contributed by atoms with E-state index in [0.29, 0.717) is 3.63 Å². The molecule has 2 aliphatic carbocycles. The van der Waals surface area contributed by atoms with Gasteiger partial charge in [0.15, 0.2) is 0 Å². The predicted octanol–water partition coefficient (Wildman–Crippen LogP) is 8.99. The van der Waals surface area contributed by atoms with E-state index in [1.54, 1.807) is 14.3 Å². The molecule has 5 heteroatoms. The molecular formula is C33H35Cl2NSiZr. The van der Waals surface area contributed by atoms with Gasteiger partial charge in [0.25, 0.3) is 0 Å². The molecule has 0 fully saturated rings. The zero-order valence-corrected chi connectivity index (χ0v) is 27.9. The zero-order valence-electron chi connectivity index (χ0n) is 22.7. The Balaban J connectivity index is 0.00000168. The van der Waals surface area contributed by atoms with Crippen LogP contribution in [0.2, 0.25) is 13.1 Å². The summed E-state index contributed by atoms with van der Waals surface area (Å²) in [6.45, 7) is 12.3. The Kier molecular flexibility index (Phi) is 8.85. The molecule has 0 saturated carbocycles. The molecule has 2 aliphatic rings. The van der Waals surface area contributed by atoms with Gasteiger partial charge in [0, 0.05) is 0 Å². The van der Waals surface area contributed by atoms with Crippen LogP contribution in [0.1, 0.15) is 45.6 Å². The van der Waals surface area contributed by atoms with Crippen molar-refractivity contribution in [1.29, 1.82) is 0 Å². The van der Waals surface area contributed by atoms with Crippen LogP contribution in [0.3, 0.4) is 0 Å². The van der Waals surface area contributed by atoms with Crippen LogP contribution in [0.25, 0.3) is 29.0 Å². The number of benzene rings is 3. The number of hydrogen-bond donors (Lipinski definition) is 0. The Labute approximate surface area is 247 Å². The van der Waals surface area contributed by atoms with Gasteiger partial charge in [-0.05, 0) is 0 Å². The van der Waals surface area contributed by atoms with Gasteiger partial charge in [-0.15, -0.1) is 24.8 Å². The molecule has 1 heterocycles. The SMILES string of the molecule is CC1=Cc2c(cc(C)n2-c2ccccc2)/[C]1=[Zr](/[CH]1C(C)=Cc2c(-c3ccccc3)cccc21)[SiH](C)C.Cl.Cl. The van der Waals surface area contributed by atoms with Crippen molar-refractivity contribution in [3.63, 3.8) is 0 Å². The van der Waals surface area contributed by atoms with Gasteiger partial charge in [-0.2, -0.15) is 0 Å². The molecule has 0 saturated heterocycles. The second kappa shape index (κ2) is 11.6. The van der Waals surface area contributed by atoms with Crippen molar-refractivity contribution in [2.24, 2.45) is 0 Å². The Morgan fingerprint density at radius 2 is 1.39 bits per heavy atom. The van der Waals surface area contributed by atoms with Gasteiger partial charge in [0.05, 0.1) is 0 Å². The van der Waals surface area contributed by atoms with Crippen molar-refractivity contribution in [2.75, 3.05) is 0 Å². The summed E-state index contributed by atoms with van der Waals surface area (Å²) in [6, 6.07) is 31.3. The summed E-state index contributed by atoms with van der Waals surface area (Å²) in [5.41, 5.74) is 14.4. The number of hydrogen-bond acceptors (Lipinski definition) is 0. The molecule has 0 amide bonds. The van der Waals surface area contributed by atoms with Crippen LogP contribution in [0.15, 0.2) is 96.1 Å². The Bertz CT molecular complexity index is 1580. The summed E-state index contributed by atoms with van der Waals surface area (Å²) < 4.78 is 4.89. The fraction of sp³-hybridized carbons (Fsp3) is 0.182. The summed E-state index contributed by atoms with van der Waals surface area (Å²) in [7, 11) is 0. The Morgan fingerprint density at radius 3 is 2.05 bits per heavy atom. The largest absolute Gasteiger partial charge is 0.147 e. The van der Waals surface area contributed by atoms with Gasteiger partial charge in [-0.1, -0.05) is 0 Å². The molecular weight excluding hydrogens is 601 g/mol. The maximum absolute atomic E-state index is 2.63. The van der Waals surface area contributed by atoms with E-state index in [0.717, 1.165) is 0 Å². The average molecular weight is 636 g/mol. The van der Waals surface area contributed by atoms with Gasteiger partial charge in [-0.3, -0.25) is 0 Å². The van der Waals surface area contributed by atoms with Gasteiger partial charge in [-0.25, -0.2) is 0 Å². The molecule has 6 rings (SSSR count). The van der Waals surface area contributed by atoms with Gasteiger partial charge < -0.3 is 0 Å². The van der Waals surface area contributed by atoms with E-state index < -0.39 is 26.4 Å². The fourth-order valence-corrected chi connectivity index (χ4v) is 27.8. The number of aryl methyl sites for hydroxylation is 1. The van der Waals surface area contributed by atoms with Crippen LogP contribution in [-0.2, 0) is 20.4 Å². The number of para-hydroxylation sites is 1. The topological polar surface area (TPSA) is 4.93 Å². The predicted molar refractivity (Wildman–Crippen MR) is 170 cm³/mol. The van der Waals surface area contributed by atoms with Crippen molar-refractivity contribution >= 4 is 46.1 Å². The molecule has 38 heavy (non-hydrogen) atoms. The number of halogens is 2. The molecule has 0 N–H and O–H groups in total. The van der Waals surface area contributed by atoms with Crippen LogP contribution < -0.4 is 0 Å². The molecule has 1 nitrogen and oxygen atoms in total. The first kappa shape index (κ1) is 29.0. The van der Waals surface area contributed by atoms with Crippen molar-refractivity contribution in [3.05, 3.63) is 124 Å². The molecule has 1 atom stereocenters. The van der Waals surface area contributed by atoms with Crippen LogP contribution in [0, 0.1) is 6.92 Å².